The largest absolute Gasteiger partial charge is 0.350 e. The number of anilines is 1. The molecule has 5 amide bonds. The average Bonchev–Trinajstić information content (AvgIpc) is 2.90. The molecule has 1 aliphatic rings. The Morgan fingerprint density at radius 3 is 2.47 bits per heavy atom. The molecule has 3 N–H and O–H groups in total. The van der Waals surface area contributed by atoms with Crippen LogP contribution in [0.1, 0.15) is 30.5 Å². The number of rotatable bonds is 6. The number of amides is 5. The maximum atomic E-state index is 12.9. The summed E-state index contributed by atoms with van der Waals surface area (Å²) < 4.78 is 0. The molecule has 1 aliphatic heterocycles. The van der Waals surface area contributed by atoms with E-state index in [1.807, 2.05) is 19.1 Å². The monoisotopic (exact) mass is 408 g/mol. The Balaban J connectivity index is 1.63. The highest BCUT2D eigenvalue weighted by atomic mass is 16.2. The number of urea groups is 1. The van der Waals surface area contributed by atoms with E-state index in [1.54, 1.807) is 43.3 Å². The second-order valence-electron chi connectivity index (χ2n) is 7.47. The lowest BCUT2D eigenvalue weighted by molar-refractivity contribution is -0.134. The fraction of sp³-hybridized carbons (Fsp3) is 0.273. The van der Waals surface area contributed by atoms with E-state index in [0.29, 0.717) is 11.3 Å². The summed E-state index contributed by atoms with van der Waals surface area (Å²) in [6, 6.07) is 13.7. The Morgan fingerprint density at radius 1 is 1.10 bits per heavy atom. The number of benzene rings is 2. The molecule has 2 aromatic carbocycles. The van der Waals surface area contributed by atoms with Gasteiger partial charge in [0.1, 0.15) is 12.1 Å². The highest BCUT2D eigenvalue weighted by Crippen LogP contribution is 2.28. The summed E-state index contributed by atoms with van der Waals surface area (Å²) in [7, 11) is 0. The highest BCUT2D eigenvalue weighted by molar-refractivity contribution is 6.09. The van der Waals surface area contributed by atoms with Gasteiger partial charge in [-0.3, -0.25) is 19.3 Å². The zero-order valence-corrected chi connectivity index (χ0v) is 17.1. The third kappa shape index (κ3) is 4.48. The first kappa shape index (κ1) is 21.0. The Kier molecular flexibility index (Phi) is 5.86. The molecule has 156 valence electrons. The second-order valence-corrected chi connectivity index (χ2v) is 7.47. The number of hydrogen-bond acceptors (Lipinski definition) is 4. The molecule has 0 spiro atoms. The van der Waals surface area contributed by atoms with Gasteiger partial charge >= 0.3 is 6.03 Å². The van der Waals surface area contributed by atoms with Crippen LogP contribution in [0, 0.1) is 6.92 Å². The zero-order chi connectivity index (χ0) is 21.9. The molecule has 3 rings (SSSR count). The highest BCUT2D eigenvalue weighted by Gasteiger charge is 2.49. The molecule has 1 atom stereocenters. The van der Waals surface area contributed by atoms with Crippen molar-refractivity contribution in [2.24, 2.45) is 0 Å². The van der Waals surface area contributed by atoms with Gasteiger partial charge in [-0.2, -0.15) is 0 Å². The van der Waals surface area contributed by atoms with E-state index in [9.17, 15) is 19.2 Å². The van der Waals surface area contributed by atoms with E-state index in [2.05, 4.69) is 16.0 Å². The molecule has 0 saturated carbocycles. The molecule has 8 nitrogen and oxygen atoms in total. The van der Waals surface area contributed by atoms with Crippen molar-refractivity contribution in [1.82, 2.24) is 15.5 Å². The molecule has 0 radical (unpaired) electrons. The quantitative estimate of drug-likeness (QED) is 0.636. The van der Waals surface area contributed by atoms with Gasteiger partial charge in [-0.1, -0.05) is 42.0 Å². The lowest BCUT2D eigenvalue weighted by Crippen LogP contribution is -2.43. The number of carbonyl (C=O) groups is 4. The smallest absolute Gasteiger partial charge is 0.325 e. The first-order valence-electron chi connectivity index (χ1n) is 9.53. The fourth-order valence-electron chi connectivity index (χ4n) is 3.29. The molecule has 1 unspecified atom stereocenters. The van der Waals surface area contributed by atoms with Crippen molar-refractivity contribution in [3.05, 3.63) is 65.2 Å². The van der Waals surface area contributed by atoms with Crippen molar-refractivity contribution in [2.75, 3.05) is 11.9 Å². The summed E-state index contributed by atoms with van der Waals surface area (Å²) in [5, 5.41) is 8.06. The van der Waals surface area contributed by atoms with Gasteiger partial charge in [0.2, 0.25) is 11.8 Å². The summed E-state index contributed by atoms with van der Waals surface area (Å²) in [6.07, 6.45) is 0. The Hall–Kier alpha value is -3.68. The minimum atomic E-state index is -1.21. The average molecular weight is 408 g/mol. The lowest BCUT2D eigenvalue weighted by Gasteiger charge is -2.22. The van der Waals surface area contributed by atoms with Crippen LogP contribution in [0.2, 0.25) is 0 Å². The van der Waals surface area contributed by atoms with Crippen LogP contribution in [0.15, 0.2) is 48.5 Å². The molecule has 0 aliphatic carbocycles. The second kappa shape index (κ2) is 8.36. The van der Waals surface area contributed by atoms with Crippen LogP contribution >= 0.6 is 0 Å². The van der Waals surface area contributed by atoms with E-state index < -0.39 is 23.4 Å². The van der Waals surface area contributed by atoms with Crippen molar-refractivity contribution in [3.63, 3.8) is 0 Å². The van der Waals surface area contributed by atoms with Gasteiger partial charge < -0.3 is 16.0 Å². The van der Waals surface area contributed by atoms with Crippen LogP contribution in [-0.2, 0) is 26.5 Å². The Bertz CT molecular complexity index is 1000. The van der Waals surface area contributed by atoms with Crippen LogP contribution < -0.4 is 16.0 Å². The molecule has 1 heterocycles. The fourth-order valence-corrected chi connectivity index (χ4v) is 3.29. The molecule has 8 heteroatoms. The third-order valence-electron chi connectivity index (χ3n) is 4.94. The number of nitrogens with zero attached hydrogens (tertiary/aromatic N) is 1. The summed E-state index contributed by atoms with van der Waals surface area (Å²) in [5.74, 6) is -1.12. The first-order chi connectivity index (χ1) is 14.2. The summed E-state index contributed by atoms with van der Waals surface area (Å²) in [6.45, 7) is 4.80. The van der Waals surface area contributed by atoms with E-state index >= 15 is 0 Å². The Labute approximate surface area is 174 Å². The van der Waals surface area contributed by atoms with Gasteiger partial charge in [-0.25, -0.2) is 4.79 Å². The molecule has 1 fully saturated rings. The molecule has 30 heavy (non-hydrogen) atoms. The minimum absolute atomic E-state index is 0.189. The maximum Gasteiger partial charge on any atom is 0.325 e. The standard InChI is InChI=1S/C22H24N4O4/c1-14-7-9-17(10-8-14)22(3)20(29)26(21(30)25-22)13-19(28)23-12-16-5-4-6-18(11-16)24-15(2)27/h4-11H,12-13H2,1-3H3,(H,23,28)(H,24,27)(H,25,30). The number of hydrogen-bond donors (Lipinski definition) is 3. The van der Waals surface area contributed by atoms with Crippen LogP contribution in [0.5, 0.6) is 0 Å². The minimum Gasteiger partial charge on any atom is -0.350 e. The first-order valence-corrected chi connectivity index (χ1v) is 9.53. The van der Waals surface area contributed by atoms with Gasteiger partial charge in [0.15, 0.2) is 0 Å². The van der Waals surface area contributed by atoms with Gasteiger partial charge in [-0.15, -0.1) is 0 Å². The number of carbonyl (C=O) groups excluding carboxylic acids is 4. The normalized spacial score (nSPS) is 18.2. The van der Waals surface area contributed by atoms with Gasteiger partial charge in [-0.05, 0) is 37.1 Å². The maximum absolute atomic E-state index is 12.9. The SMILES string of the molecule is CC(=O)Nc1cccc(CNC(=O)CN2C(=O)NC(C)(c3ccc(C)cc3)C2=O)c1. The molecule has 0 bridgehead atoms. The number of imide groups is 1. The molecule has 0 aromatic heterocycles. The summed E-state index contributed by atoms with van der Waals surface area (Å²) in [4.78, 5) is 49.7. The van der Waals surface area contributed by atoms with E-state index in [1.165, 1.54) is 6.92 Å². The predicted octanol–water partition coefficient (Wildman–Crippen LogP) is 2.04. The summed E-state index contributed by atoms with van der Waals surface area (Å²) in [5.41, 5.74) is 1.88. The molecule has 2 aromatic rings. The van der Waals surface area contributed by atoms with Crippen LogP contribution in [0.3, 0.4) is 0 Å². The number of aryl methyl sites for hydroxylation is 1. The van der Waals surface area contributed by atoms with E-state index in [0.717, 1.165) is 16.0 Å². The van der Waals surface area contributed by atoms with E-state index in [-0.39, 0.29) is 19.0 Å². The summed E-state index contributed by atoms with van der Waals surface area (Å²) >= 11 is 0. The van der Waals surface area contributed by atoms with Gasteiger partial charge in [0.05, 0.1) is 0 Å². The van der Waals surface area contributed by atoms with Crippen LogP contribution in [-0.4, -0.2) is 35.2 Å². The number of nitrogens with one attached hydrogen (secondary N) is 3. The van der Waals surface area contributed by atoms with Crippen molar-refractivity contribution in [2.45, 2.75) is 32.9 Å². The van der Waals surface area contributed by atoms with Gasteiger partial charge in [0, 0.05) is 19.2 Å². The molecule has 1 saturated heterocycles. The van der Waals surface area contributed by atoms with E-state index in [4.69, 9.17) is 0 Å². The molecular formula is C22H24N4O4. The lowest BCUT2D eigenvalue weighted by atomic mass is 9.91. The third-order valence-corrected chi connectivity index (χ3v) is 4.94. The van der Waals surface area contributed by atoms with Crippen molar-refractivity contribution in [1.29, 1.82) is 0 Å². The van der Waals surface area contributed by atoms with Crippen molar-refractivity contribution in [3.8, 4) is 0 Å². The van der Waals surface area contributed by atoms with Crippen LogP contribution in [0.25, 0.3) is 0 Å². The Morgan fingerprint density at radius 2 is 1.80 bits per heavy atom. The molecular weight excluding hydrogens is 384 g/mol. The van der Waals surface area contributed by atoms with Crippen molar-refractivity contribution < 1.29 is 19.2 Å². The predicted molar refractivity (Wildman–Crippen MR) is 111 cm³/mol. The van der Waals surface area contributed by atoms with Crippen molar-refractivity contribution >= 4 is 29.4 Å². The van der Waals surface area contributed by atoms with Crippen LogP contribution in [0.4, 0.5) is 10.5 Å². The van der Waals surface area contributed by atoms with Gasteiger partial charge in [0.25, 0.3) is 5.91 Å². The zero-order valence-electron chi connectivity index (χ0n) is 17.1. The topological polar surface area (TPSA) is 108 Å².